The minimum absolute atomic E-state index is 0.257. The van der Waals surface area contributed by atoms with E-state index in [1.165, 1.54) is 31.1 Å². The highest BCUT2D eigenvalue weighted by atomic mass is 16.3. The fourth-order valence-electron chi connectivity index (χ4n) is 6.11. The minimum Gasteiger partial charge on any atom is -0.507 e. The summed E-state index contributed by atoms with van der Waals surface area (Å²) in [5.74, 6) is -14.3. The molecule has 0 saturated heterocycles. The van der Waals surface area contributed by atoms with E-state index in [0.717, 1.165) is 0 Å². The summed E-state index contributed by atoms with van der Waals surface area (Å²) in [7, 11) is 2.83. The van der Waals surface area contributed by atoms with Crippen molar-refractivity contribution in [1.29, 1.82) is 0 Å². The SMILES string of the molecule is C[C@H]1c2ccc(N=[N+]=[N-])c(O)c2C(=O)C2C(=O)[C@]3(O)C(=O)C(C(N)=O)C(=O)[C@@H](N(C)C)[C@@H]3[C@@H](O)[C@@H]21. The largest absolute Gasteiger partial charge is 0.507 e. The topological polar surface area (TPSA) is 224 Å². The Hall–Kier alpha value is -3.64. The van der Waals surface area contributed by atoms with Crippen molar-refractivity contribution in [1.82, 2.24) is 4.90 Å². The number of primary amides is 1. The van der Waals surface area contributed by atoms with E-state index in [1.54, 1.807) is 6.92 Å². The standard InChI is InChI=1S/C22H23N5O8/c1-6-7-4-5-8(25-26-24)15(28)10(7)16(29)11-9(6)17(30)13-14(27(2)3)18(31)12(21(23)34)20(33)22(13,35)19(11)32/h4-6,9,11-14,17,28,30,35H,1-3H3,(H2,23,34)/t6-,9+,11?,12?,13+,14-,17-,22-/m0/s1. The zero-order valence-electron chi connectivity index (χ0n) is 18.9. The summed E-state index contributed by atoms with van der Waals surface area (Å²) < 4.78 is 0. The van der Waals surface area contributed by atoms with Gasteiger partial charge in [-0.25, -0.2) is 0 Å². The number of aromatic hydroxyl groups is 1. The van der Waals surface area contributed by atoms with Crippen LogP contribution in [-0.2, 0) is 19.2 Å². The average Bonchev–Trinajstić information content (AvgIpc) is 2.77. The van der Waals surface area contributed by atoms with E-state index < -0.39 is 82.1 Å². The number of hydrogen-bond acceptors (Lipinski definition) is 10. The number of ketones is 4. The first-order valence-electron chi connectivity index (χ1n) is 10.8. The Morgan fingerprint density at radius 3 is 2.37 bits per heavy atom. The number of phenolic OH excluding ortho intramolecular Hbond substituents is 1. The summed E-state index contributed by atoms with van der Waals surface area (Å²) in [6, 6.07) is 1.26. The van der Waals surface area contributed by atoms with Gasteiger partial charge in [-0.1, -0.05) is 18.1 Å². The third-order valence-electron chi connectivity index (χ3n) is 7.62. The number of aliphatic hydroxyl groups is 2. The molecule has 1 aromatic rings. The van der Waals surface area contributed by atoms with Gasteiger partial charge in [0, 0.05) is 10.8 Å². The van der Waals surface area contributed by atoms with Gasteiger partial charge in [-0.2, -0.15) is 0 Å². The lowest BCUT2D eigenvalue weighted by molar-refractivity contribution is -0.196. The van der Waals surface area contributed by atoms with Gasteiger partial charge in [-0.05, 0) is 37.2 Å². The van der Waals surface area contributed by atoms with E-state index in [1.807, 2.05) is 0 Å². The highest BCUT2D eigenvalue weighted by Gasteiger charge is 2.72. The maximum absolute atomic E-state index is 13.8. The molecular formula is C22H23N5O8. The van der Waals surface area contributed by atoms with Gasteiger partial charge in [-0.15, -0.1) is 0 Å². The molecule has 1 amide bonds. The second-order valence-corrected chi connectivity index (χ2v) is 9.45. The van der Waals surface area contributed by atoms with E-state index in [9.17, 15) is 39.3 Å². The highest BCUT2D eigenvalue weighted by Crippen LogP contribution is 2.55. The van der Waals surface area contributed by atoms with Crippen molar-refractivity contribution in [3.63, 3.8) is 0 Å². The van der Waals surface area contributed by atoms with Crippen LogP contribution in [0.15, 0.2) is 17.2 Å². The number of amides is 1. The second kappa shape index (κ2) is 7.95. The smallest absolute Gasteiger partial charge is 0.235 e. The molecule has 35 heavy (non-hydrogen) atoms. The van der Waals surface area contributed by atoms with Crippen LogP contribution in [0.3, 0.4) is 0 Å². The van der Waals surface area contributed by atoms with Crippen molar-refractivity contribution in [2.24, 2.45) is 34.5 Å². The molecule has 3 aliphatic rings. The summed E-state index contributed by atoms with van der Waals surface area (Å²) in [5.41, 5.74) is 10.6. The number of likely N-dealkylation sites (N-methyl/N-ethyl adjacent to an activating group) is 1. The van der Waals surface area contributed by atoms with Gasteiger partial charge in [0.2, 0.25) is 5.91 Å². The first-order valence-corrected chi connectivity index (χ1v) is 10.8. The van der Waals surface area contributed by atoms with Crippen molar-refractivity contribution in [3.8, 4) is 5.75 Å². The molecule has 13 heteroatoms. The normalized spacial score (nSPS) is 36.2. The molecule has 5 N–H and O–H groups in total. The van der Waals surface area contributed by atoms with E-state index >= 15 is 0 Å². The number of nitrogens with zero attached hydrogens (tertiary/aromatic N) is 4. The van der Waals surface area contributed by atoms with Crippen molar-refractivity contribution in [3.05, 3.63) is 33.7 Å². The predicted molar refractivity (Wildman–Crippen MR) is 116 cm³/mol. The van der Waals surface area contributed by atoms with Gasteiger partial charge in [0.25, 0.3) is 0 Å². The van der Waals surface area contributed by atoms with Crippen LogP contribution in [0.4, 0.5) is 5.69 Å². The number of aliphatic hydroxyl groups excluding tert-OH is 1. The van der Waals surface area contributed by atoms with Crippen LogP contribution in [0, 0.1) is 23.7 Å². The Balaban J connectivity index is 1.97. The fourth-order valence-corrected chi connectivity index (χ4v) is 6.11. The summed E-state index contributed by atoms with van der Waals surface area (Å²) in [4.78, 5) is 69.4. The molecule has 184 valence electrons. The van der Waals surface area contributed by atoms with Crippen LogP contribution in [0.5, 0.6) is 5.75 Å². The molecule has 13 nitrogen and oxygen atoms in total. The maximum Gasteiger partial charge on any atom is 0.235 e. The molecule has 2 fully saturated rings. The summed E-state index contributed by atoms with van der Waals surface area (Å²) in [6.45, 7) is 1.58. The molecule has 4 rings (SSSR count). The quantitative estimate of drug-likeness (QED) is 0.184. The number of carbonyl (C=O) groups is 5. The van der Waals surface area contributed by atoms with Crippen molar-refractivity contribution in [2.75, 3.05) is 14.1 Å². The summed E-state index contributed by atoms with van der Waals surface area (Å²) in [5, 5.41) is 36.9. The third kappa shape index (κ3) is 2.99. The van der Waals surface area contributed by atoms with Gasteiger partial charge in [0.1, 0.15) is 5.75 Å². The molecule has 8 atom stereocenters. The molecule has 2 unspecified atom stereocenters. The van der Waals surface area contributed by atoms with Crippen LogP contribution in [-0.4, -0.2) is 81.1 Å². The van der Waals surface area contributed by atoms with Crippen LogP contribution < -0.4 is 5.73 Å². The lowest BCUT2D eigenvalue weighted by Gasteiger charge is -2.56. The molecule has 0 spiro atoms. The summed E-state index contributed by atoms with van der Waals surface area (Å²) >= 11 is 0. The van der Waals surface area contributed by atoms with Crippen LogP contribution in [0.1, 0.15) is 28.8 Å². The Labute approximate surface area is 198 Å². The number of hydrogen-bond donors (Lipinski definition) is 4. The number of rotatable bonds is 3. The zero-order chi connectivity index (χ0) is 26.1. The Morgan fingerprint density at radius 2 is 1.83 bits per heavy atom. The van der Waals surface area contributed by atoms with E-state index in [-0.39, 0.29) is 16.8 Å². The first kappa shape index (κ1) is 24.5. The Morgan fingerprint density at radius 1 is 1.20 bits per heavy atom. The molecule has 1 aromatic carbocycles. The van der Waals surface area contributed by atoms with Gasteiger partial charge in [0.05, 0.1) is 35.2 Å². The number of carbonyl (C=O) groups excluding carboxylic acids is 5. The second-order valence-electron chi connectivity index (χ2n) is 9.45. The monoisotopic (exact) mass is 485 g/mol. The van der Waals surface area contributed by atoms with Crippen molar-refractivity contribution in [2.45, 2.75) is 30.6 Å². The average molecular weight is 485 g/mol. The van der Waals surface area contributed by atoms with E-state index in [4.69, 9.17) is 11.3 Å². The maximum atomic E-state index is 13.8. The third-order valence-corrected chi connectivity index (χ3v) is 7.62. The van der Waals surface area contributed by atoms with E-state index in [2.05, 4.69) is 10.0 Å². The molecule has 0 radical (unpaired) electrons. The molecular weight excluding hydrogens is 462 g/mol. The molecule has 3 aliphatic carbocycles. The van der Waals surface area contributed by atoms with Gasteiger partial charge in [0.15, 0.2) is 34.7 Å². The molecule has 0 bridgehead atoms. The predicted octanol–water partition coefficient (Wildman–Crippen LogP) is -0.659. The number of benzene rings is 1. The number of nitrogens with two attached hydrogens (primary N) is 1. The van der Waals surface area contributed by atoms with Crippen LogP contribution in [0.25, 0.3) is 10.4 Å². The van der Waals surface area contributed by atoms with Gasteiger partial charge >= 0.3 is 0 Å². The summed E-state index contributed by atoms with van der Waals surface area (Å²) in [6.07, 6.45) is -1.71. The van der Waals surface area contributed by atoms with Crippen LogP contribution in [0.2, 0.25) is 0 Å². The highest BCUT2D eigenvalue weighted by molar-refractivity contribution is 6.32. The minimum atomic E-state index is -3.06. The lowest BCUT2D eigenvalue weighted by Crippen LogP contribution is -2.77. The zero-order valence-corrected chi connectivity index (χ0v) is 18.9. The van der Waals surface area contributed by atoms with Crippen molar-refractivity contribution >= 4 is 34.7 Å². The number of azide groups is 1. The fraction of sp³-hybridized carbons (Fsp3) is 0.500. The Kier molecular flexibility index (Phi) is 5.56. The van der Waals surface area contributed by atoms with Gasteiger partial charge in [-0.3, -0.25) is 28.9 Å². The Bertz CT molecular complexity index is 1250. The molecule has 0 heterocycles. The van der Waals surface area contributed by atoms with E-state index in [0.29, 0.717) is 0 Å². The van der Waals surface area contributed by atoms with Crippen molar-refractivity contribution < 1.29 is 39.3 Å². The van der Waals surface area contributed by atoms with Crippen LogP contribution >= 0.6 is 0 Å². The molecule has 0 aromatic heterocycles. The number of phenols is 1. The van der Waals surface area contributed by atoms with Gasteiger partial charge < -0.3 is 21.1 Å². The lowest BCUT2D eigenvalue weighted by atomic mass is 9.49. The molecule has 0 aliphatic heterocycles. The number of fused-ring (bicyclic) bond motifs is 3. The molecule has 2 saturated carbocycles. The first-order chi connectivity index (χ1) is 16.3. The number of Topliss-reactive ketones (excluding diaryl/α,β-unsaturated/α-hetero) is 4.